The molecular weight excluding hydrogens is 791 g/mol. The summed E-state index contributed by atoms with van der Waals surface area (Å²) >= 11 is 0. The summed E-state index contributed by atoms with van der Waals surface area (Å²) in [7, 11) is -2.18. The van der Waals surface area contributed by atoms with Crippen LogP contribution in [0.5, 0.6) is 0 Å². The Kier molecular flexibility index (Phi) is 16.1. The molecule has 1 radical (unpaired) electrons. The number of esters is 1. The van der Waals surface area contributed by atoms with Crippen LogP contribution in [0.4, 0.5) is 0 Å². The van der Waals surface area contributed by atoms with Gasteiger partial charge in [0.25, 0.3) is 0 Å². The molecule has 11 nitrogen and oxygen atoms in total. The van der Waals surface area contributed by atoms with Gasteiger partial charge in [-0.3, -0.25) is 0 Å². The first kappa shape index (κ1) is 45.6. The van der Waals surface area contributed by atoms with E-state index in [0.717, 1.165) is 23.0 Å². The van der Waals surface area contributed by atoms with Gasteiger partial charge in [0, 0.05) is 0 Å². The normalized spacial score (nSPS) is 27.1. The number of nitrogens with zero attached hydrogens (tertiary/aromatic N) is 3. The topological polar surface area (TPSA) is 138 Å². The van der Waals surface area contributed by atoms with Crippen LogP contribution >= 0.6 is 8.46 Å². The van der Waals surface area contributed by atoms with Crippen molar-refractivity contribution in [3.8, 4) is 0 Å². The van der Waals surface area contributed by atoms with Gasteiger partial charge in [0.1, 0.15) is 0 Å². The van der Waals surface area contributed by atoms with Crippen LogP contribution in [0.1, 0.15) is 57.5 Å². The Morgan fingerprint density at radius 3 is 1.95 bits per heavy atom. The number of rotatable bonds is 17. The van der Waals surface area contributed by atoms with Crippen LogP contribution in [-0.4, -0.2) is 89.9 Å². The molecule has 0 spiro atoms. The van der Waals surface area contributed by atoms with Crippen molar-refractivity contribution in [2.24, 2.45) is 17.0 Å². The molecule has 2 heterocycles. The van der Waals surface area contributed by atoms with Crippen LogP contribution in [0, 0.1) is 11.8 Å². The van der Waals surface area contributed by atoms with E-state index in [1.165, 1.54) is 0 Å². The summed E-state index contributed by atoms with van der Waals surface area (Å²) in [5.41, 5.74) is 11.1. The average Bonchev–Trinajstić information content (AvgIpc) is 3.25. The summed E-state index contributed by atoms with van der Waals surface area (Å²) in [5.74, 6) is -1.07. The van der Waals surface area contributed by atoms with Gasteiger partial charge in [0.05, 0.1) is 0 Å². The molecule has 5 unspecified atom stereocenters. The Morgan fingerprint density at radius 2 is 1.38 bits per heavy atom. The Labute approximate surface area is 358 Å². The first-order valence-electron chi connectivity index (χ1n) is 20.6. The third-order valence-corrected chi connectivity index (χ3v) is 18.3. The fourth-order valence-corrected chi connectivity index (χ4v) is 14.5. The molecule has 2 aliphatic rings. The number of benzene rings is 4. The van der Waals surface area contributed by atoms with Crippen LogP contribution in [0.3, 0.4) is 0 Å². The van der Waals surface area contributed by atoms with Gasteiger partial charge in [0.15, 0.2) is 0 Å². The van der Waals surface area contributed by atoms with E-state index in [2.05, 4.69) is 62.0 Å². The predicted octanol–water partition coefficient (Wildman–Crippen LogP) is 7.48. The van der Waals surface area contributed by atoms with Gasteiger partial charge in [-0.15, -0.1) is 0 Å². The molecule has 0 N–H and O–H groups in total. The number of azide groups is 1. The van der Waals surface area contributed by atoms with Gasteiger partial charge in [-0.05, 0) is 12.1 Å². The van der Waals surface area contributed by atoms with Gasteiger partial charge in [-0.1, -0.05) is 48.5 Å². The summed E-state index contributed by atoms with van der Waals surface area (Å²) in [6.07, 6.45) is -4.09. The minimum atomic E-state index is -2.98. The molecular formula is C45H55B2N3O8PSi. The molecule has 2 aliphatic heterocycles. The quantitative estimate of drug-likeness (QED) is 0.0266. The predicted molar refractivity (Wildman–Crippen MR) is 239 cm³/mol. The molecule has 0 bridgehead atoms. The minimum Gasteiger partial charge on any atom is -0.0622 e. The Bertz CT molecular complexity index is 1980. The maximum atomic E-state index is 13.4. The van der Waals surface area contributed by atoms with E-state index in [9.17, 15) is 15.0 Å². The number of hydrogen-bond donors (Lipinski definition) is 0. The molecule has 0 amide bonds. The molecule has 15 heteroatoms. The van der Waals surface area contributed by atoms with Gasteiger partial charge in [-0.2, -0.15) is 0 Å². The monoisotopic (exact) mass is 846 g/mol. The molecule has 11 atom stereocenters. The third kappa shape index (κ3) is 10.5. The van der Waals surface area contributed by atoms with Gasteiger partial charge in [-0.25, -0.2) is 0 Å². The first-order valence-corrected chi connectivity index (χ1v) is 23.7. The fraction of sp³-hybridized carbons (Fsp3) is 0.444. The molecule has 4 aromatic carbocycles. The van der Waals surface area contributed by atoms with Crippen molar-refractivity contribution < 1.29 is 37.6 Å². The number of hydrogen-bond acceptors (Lipinski definition) is 9. The van der Waals surface area contributed by atoms with Crippen molar-refractivity contribution in [2.45, 2.75) is 102 Å². The Balaban J connectivity index is 1.33. The van der Waals surface area contributed by atoms with Crippen molar-refractivity contribution in [3.63, 3.8) is 0 Å². The summed E-state index contributed by atoms with van der Waals surface area (Å²) in [5, 5.41) is 6.27. The standard InChI is InChI=1S/C45H55B2N3O8PSi/c1-30-37(29-54-60(45(4,5)6,35-23-15-9-16-24-35)36-25-17-10-18-26-36)56-44(39(49-50-48)42(30)59-47-46-52)58-41-31(2)40(57-43(51)34-21-13-8-14-22-34)32(3)55-38(41)28-53-27-33-19-11-7-12-20-33/h7-26,30-32,37-42,44,59H,27-29H2,1-6H3/t30-,31-,32+,37?,38?,39?,40?,41+,42+,44-/m1/s1. The Hall–Kier alpha value is -3.96. The van der Waals surface area contributed by atoms with E-state index in [1.54, 1.807) is 31.2 Å². The average molecular weight is 847 g/mol. The molecule has 0 saturated carbocycles. The number of carbonyl (C=O) groups excluding carboxylic acids is 1. The van der Waals surface area contributed by atoms with Crippen LogP contribution < -0.4 is 10.4 Å². The second kappa shape index (κ2) is 21.2. The van der Waals surface area contributed by atoms with E-state index in [1.807, 2.05) is 86.6 Å². The van der Waals surface area contributed by atoms with E-state index >= 15 is 0 Å². The summed E-state index contributed by atoms with van der Waals surface area (Å²) < 4.78 is 52.2. The van der Waals surface area contributed by atoms with Crippen molar-refractivity contribution in [3.05, 3.63) is 143 Å². The second-order valence-corrected chi connectivity index (χ2v) is 22.3. The van der Waals surface area contributed by atoms with Crippen molar-refractivity contribution >= 4 is 47.0 Å². The van der Waals surface area contributed by atoms with Crippen LogP contribution in [-0.2, 0) is 39.4 Å². The van der Waals surface area contributed by atoms with Crippen LogP contribution in [0.2, 0.25) is 5.04 Å². The molecule has 2 saturated heterocycles. The number of carbonyl (C=O) groups is 1. The fourth-order valence-electron chi connectivity index (χ4n) is 8.67. The Morgan fingerprint density at radius 1 is 0.800 bits per heavy atom. The van der Waals surface area contributed by atoms with E-state index in [4.69, 9.17) is 28.1 Å². The van der Waals surface area contributed by atoms with Crippen LogP contribution in [0.15, 0.2) is 126 Å². The molecule has 0 aliphatic carbocycles. The summed E-state index contributed by atoms with van der Waals surface area (Å²) in [4.78, 5) is 16.7. The second-order valence-electron chi connectivity index (χ2n) is 16.6. The van der Waals surface area contributed by atoms with Crippen molar-refractivity contribution in [1.29, 1.82) is 0 Å². The van der Waals surface area contributed by atoms with Crippen LogP contribution in [0.25, 0.3) is 10.4 Å². The zero-order valence-corrected chi connectivity index (χ0v) is 37.2. The van der Waals surface area contributed by atoms with E-state index < -0.39 is 63.1 Å². The molecule has 4 aromatic rings. The zero-order chi connectivity index (χ0) is 42.7. The van der Waals surface area contributed by atoms with E-state index in [0.29, 0.717) is 12.2 Å². The summed E-state index contributed by atoms with van der Waals surface area (Å²) in [6, 6.07) is 38.7. The molecule has 313 valence electrons. The molecule has 0 aromatic heterocycles. The summed E-state index contributed by atoms with van der Waals surface area (Å²) in [6.45, 7) is 14.9. The molecule has 60 heavy (non-hydrogen) atoms. The zero-order valence-electron chi connectivity index (χ0n) is 35.2. The first-order chi connectivity index (χ1) is 29.0. The van der Waals surface area contributed by atoms with Crippen molar-refractivity contribution in [2.75, 3.05) is 13.2 Å². The van der Waals surface area contributed by atoms with Gasteiger partial charge in [0.2, 0.25) is 0 Å². The SMILES string of the molecule is C[C@@H]1OC(COCc2ccccc2)[C@@H](O[C@H]2OC(CO[Si](c3ccccc3)(c3ccccc3)C(C)(C)C)[C@@H](C)[C@H](P[B]B=O)C2N=[N+]=[N-])[C@H](C)C1OC(=O)c1ccccc1. The maximum absolute atomic E-state index is 13.4. The van der Waals surface area contributed by atoms with Crippen molar-refractivity contribution in [1.82, 2.24) is 0 Å². The van der Waals surface area contributed by atoms with Gasteiger partial charge < -0.3 is 0 Å². The number of ether oxygens (including phenoxy) is 5. The molecule has 6 rings (SSSR count). The third-order valence-electron chi connectivity index (χ3n) is 11.7. The van der Waals surface area contributed by atoms with Gasteiger partial charge >= 0.3 is 299 Å². The minimum absolute atomic E-state index is 0.0179. The molecule has 2 fully saturated rings. The van der Waals surface area contributed by atoms with E-state index in [-0.39, 0.29) is 38.3 Å². The smallest absolute Gasteiger partial charge is 0.0622 e.